The highest BCUT2D eigenvalue weighted by Gasteiger charge is 2.20. The lowest BCUT2D eigenvalue weighted by Gasteiger charge is -2.27. The zero-order valence-electron chi connectivity index (χ0n) is 10.4. The molecule has 1 aliphatic heterocycles. The van der Waals surface area contributed by atoms with Gasteiger partial charge in [0.1, 0.15) is 5.75 Å². The van der Waals surface area contributed by atoms with Crippen LogP contribution in [0.15, 0.2) is 35.1 Å². The average molecular weight is 323 g/mol. The van der Waals surface area contributed by atoms with E-state index in [9.17, 15) is 0 Å². The zero-order chi connectivity index (χ0) is 13.1. The molecule has 0 saturated carbocycles. The zero-order valence-corrected chi connectivity index (χ0v) is 12.0. The van der Waals surface area contributed by atoms with Gasteiger partial charge in [0, 0.05) is 35.2 Å². The Morgan fingerprint density at radius 1 is 1.47 bits per heavy atom. The molecule has 3 rings (SSSR count). The van der Waals surface area contributed by atoms with E-state index in [1.54, 1.807) is 6.20 Å². The van der Waals surface area contributed by atoms with Gasteiger partial charge in [0.15, 0.2) is 0 Å². The molecule has 0 amide bonds. The molecule has 1 aromatic heterocycles. The van der Waals surface area contributed by atoms with Crippen molar-refractivity contribution in [3.05, 3.63) is 40.6 Å². The minimum Gasteiger partial charge on any atom is -0.493 e. The van der Waals surface area contributed by atoms with Gasteiger partial charge in [0.2, 0.25) is 0 Å². The molecule has 2 heterocycles. The molecule has 0 bridgehead atoms. The van der Waals surface area contributed by atoms with E-state index in [0.29, 0.717) is 6.04 Å². The number of benzene rings is 1. The van der Waals surface area contributed by atoms with Gasteiger partial charge in [-0.1, -0.05) is 21.1 Å². The number of rotatable bonds is 4. The van der Waals surface area contributed by atoms with Gasteiger partial charge in [-0.2, -0.15) is 0 Å². The second kappa shape index (κ2) is 5.71. The van der Waals surface area contributed by atoms with Crippen molar-refractivity contribution < 1.29 is 4.74 Å². The highest BCUT2D eigenvalue weighted by Crippen LogP contribution is 2.33. The van der Waals surface area contributed by atoms with E-state index in [4.69, 9.17) is 4.74 Å². The third-order valence-corrected chi connectivity index (χ3v) is 3.71. The number of aromatic nitrogens is 3. The fourth-order valence-corrected chi connectivity index (χ4v) is 2.66. The Bertz CT molecular complexity index is 544. The molecular weight excluding hydrogens is 308 g/mol. The summed E-state index contributed by atoms with van der Waals surface area (Å²) in [6, 6.07) is 6.49. The van der Waals surface area contributed by atoms with Crippen molar-refractivity contribution in [2.75, 3.05) is 13.2 Å². The highest BCUT2D eigenvalue weighted by molar-refractivity contribution is 9.10. The summed E-state index contributed by atoms with van der Waals surface area (Å²) in [6.45, 7) is 2.44. The van der Waals surface area contributed by atoms with Gasteiger partial charge in [-0.15, -0.1) is 5.10 Å². The van der Waals surface area contributed by atoms with Gasteiger partial charge < -0.3 is 10.1 Å². The van der Waals surface area contributed by atoms with Crippen molar-refractivity contribution in [1.82, 2.24) is 20.3 Å². The molecule has 1 N–H and O–H groups in total. The van der Waals surface area contributed by atoms with E-state index in [-0.39, 0.29) is 0 Å². The van der Waals surface area contributed by atoms with E-state index < -0.39 is 0 Å². The lowest BCUT2D eigenvalue weighted by molar-refractivity contribution is 0.251. The molecular formula is C13H15BrN4O. The van der Waals surface area contributed by atoms with Crippen LogP contribution < -0.4 is 10.1 Å². The first-order valence-corrected chi connectivity index (χ1v) is 7.12. The summed E-state index contributed by atoms with van der Waals surface area (Å²) in [5.74, 6) is 0.979. The second-order valence-corrected chi connectivity index (χ2v) is 5.41. The largest absolute Gasteiger partial charge is 0.493 e. The number of hydrogen-bond acceptors (Lipinski definition) is 4. The molecule has 0 aliphatic carbocycles. The van der Waals surface area contributed by atoms with E-state index in [0.717, 1.165) is 36.3 Å². The van der Waals surface area contributed by atoms with Crippen molar-refractivity contribution in [3.8, 4) is 5.75 Å². The van der Waals surface area contributed by atoms with Gasteiger partial charge in [-0.3, -0.25) is 4.68 Å². The first-order chi connectivity index (χ1) is 9.33. The summed E-state index contributed by atoms with van der Waals surface area (Å²) in [5, 5.41) is 11.3. The van der Waals surface area contributed by atoms with Crippen molar-refractivity contribution >= 4 is 15.9 Å². The number of nitrogens with zero attached hydrogens (tertiary/aromatic N) is 3. The molecule has 100 valence electrons. The van der Waals surface area contributed by atoms with Gasteiger partial charge in [0.05, 0.1) is 19.3 Å². The van der Waals surface area contributed by atoms with Crippen LogP contribution in [0.25, 0.3) is 0 Å². The predicted molar refractivity (Wildman–Crippen MR) is 75.0 cm³/mol. The standard InChI is InChI=1S/C13H15BrN4O/c14-10-1-2-13-11(9-10)12(3-8-19-13)15-4-6-18-7-5-16-17-18/h1-2,5,7,9,12,15H,3-4,6,8H2. The van der Waals surface area contributed by atoms with Gasteiger partial charge in [-0.05, 0) is 18.2 Å². The first kappa shape index (κ1) is 12.6. The maximum Gasteiger partial charge on any atom is 0.124 e. The fraction of sp³-hybridized carbons (Fsp3) is 0.385. The maximum atomic E-state index is 5.67. The number of halogens is 1. The molecule has 6 heteroatoms. The van der Waals surface area contributed by atoms with Crippen LogP contribution in [0, 0.1) is 0 Å². The summed E-state index contributed by atoms with van der Waals surface area (Å²) in [5.41, 5.74) is 1.22. The number of fused-ring (bicyclic) bond motifs is 1. The maximum absolute atomic E-state index is 5.67. The van der Waals surface area contributed by atoms with Crippen LogP contribution in [-0.4, -0.2) is 28.1 Å². The van der Waals surface area contributed by atoms with Crippen LogP contribution in [0.2, 0.25) is 0 Å². The third-order valence-electron chi connectivity index (χ3n) is 3.21. The molecule has 5 nitrogen and oxygen atoms in total. The number of nitrogens with one attached hydrogen (secondary N) is 1. The van der Waals surface area contributed by atoms with Gasteiger partial charge in [0.25, 0.3) is 0 Å². The second-order valence-electron chi connectivity index (χ2n) is 4.49. The third kappa shape index (κ3) is 2.96. The monoisotopic (exact) mass is 322 g/mol. The molecule has 1 aliphatic rings. The molecule has 1 unspecified atom stereocenters. The van der Waals surface area contributed by atoms with Crippen LogP contribution in [0.1, 0.15) is 18.0 Å². The summed E-state index contributed by atoms with van der Waals surface area (Å²) >= 11 is 3.51. The highest BCUT2D eigenvalue weighted by atomic mass is 79.9. The average Bonchev–Trinajstić information content (AvgIpc) is 2.92. The topological polar surface area (TPSA) is 52.0 Å². The summed E-state index contributed by atoms with van der Waals surface area (Å²) in [6.07, 6.45) is 4.55. The molecule has 1 aromatic carbocycles. The summed E-state index contributed by atoms with van der Waals surface area (Å²) in [7, 11) is 0. The molecule has 1 atom stereocenters. The van der Waals surface area contributed by atoms with Crippen LogP contribution in [0.3, 0.4) is 0 Å². The molecule has 19 heavy (non-hydrogen) atoms. The Balaban J connectivity index is 1.64. The van der Waals surface area contributed by atoms with E-state index in [1.807, 2.05) is 23.0 Å². The Hall–Kier alpha value is -1.40. The fourth-order valence-electron chi connectivity index (χ4n) is 2.28. The van der Waals surface area contributed by atoms with Gasteiger partial charge in [-0.25, -0.2) is 0 Å². The van der Waals surface area contributed by atoms with Gasteiger partial charge >= 0.3 is 0 Å². The lowest BCUT2D eigenvalue weighted by atomic mass is 10.0. The van der Waals surface area contributed by atoms with Crippen molar-refractivity contribution in [2.45, 2.75) is 19.0 Å². The summed E-state index contributed by atoms with van der Waals surface area (Å²) in [4.78, 5) is 0. The Labute approximate surface area is 120 Å². The van der Waals surface area contributed by atoms with E-state index in [1.165, 1.54) is 5.56 Å². The minimum atomic E-state index is 0.338. The van der Waals surface area contributed by atoms with Crippen molar-refractivity contribution in [3.63, 3.8) is 0 Å². The molecule has 0 spiro atoms. The van der Waals surface area contributed by atoms with Crippen LogP contribution in [0.4, 0.5) is 0 Å². The first-order valence-electron chi connectivity index (χ1n) is 6.32. The normalized spacial score (nSPS) is 17.8. The Morgan fingerprint density at radius 3 is 3.26 bits per heavy atom. The molecule has 0 radical (unpaired) electrons. The number of ether oxygens (including phenoxy) is 1. The van der Waals surface area contributed by atoms with Crippen molar-refractivity contribution in [1.29, 1.82) is 0 Å². The minimum absolute atomic E-state index is 0.338. The quantitative estimate of drug-likeness (QED) is 0.937. The lowest BCUT2D eigenvalue weighted by Crippen LogP contribution is -2.29. The van der Waals surface area contributed by atoms with Crippen LogP contribution in [-0.2, 0) is 6.54 Å². The van der Waals surface area contributed by atoms with Crippen LogP contribution in [0.5, 0.6) is 5.75 Å². The summed E-state index contributed by atoms with van der Waals surface area (Å²) < 4.78 is 8.58. The Morgan fingerprint density at radius 2 is 2.42 bits per heavy atom. The molecule has 2 aromatic rings. The van der Waals surface area contributed by atoms with E-state index >= 15 is 0 Å². The number of hydrogen-bond donors (Lipinski definition) is 1. The van der Waals surface area contributed by atoms with Crippen LogP contribution >= 0.6 is 15.9 Å². The SMILES string of the molecule is Brc1ccc2c(c1)C(NCCn1ccnn1)CCO2. The van der Waals surface area contributed by atoms with E-state index in [2.05, 4.69) is 37.6 Å². The molecule has 0 fully saturated rings. The predicted octanol–water partition coefficient (Wildman–Crippen LogP) is 2.15. The smallest absolute Gasteiger partial charge is 0.124 e. The Kier molecular flexibility index (Phi) is 3.79. The molecule has 0 saturated heterocycles. The van der Waals surface area contributed by atoms with Crippen molar-refractivity contribution in [2.24, 2.45) is 0 Å².